The number of nitrogens with one attached hydrogen (secondary N) is 1. The fraction of sp³-hybridized carbons (Fsp3) is 0.895. The van der Waals surface area contributed by atoms with Crippen LogP contribution in [-0.2, 0) is 9.47 Å². The predicted octanol–water partition coefficient (Wildman–Crippen LogP) is 2.22. The van der Waals surface area contributed by atoms with E-state index in [4.69, 9.17) is 15.2 Å². The number of epoxide rings is 1. The summed E-state index contributed by atoms with van der Waals surface area (Å²) >= 11 is 0. The number of nitrogens with zero attached hydrogens (tertiary/aromatic N) is 1. The molecule has 0 aromatic rings. The highest BCUT2D eigenvalue weighted by Crippen LogP contribution is 2.52. The first-order chi connectivity index (χ1) is 11.4. The van der Waals surface area contributed by atoms with E-state index < -0.39 is 0 Å². The Balaban J connectivity index is 1.44. The Labute approximate surface area is 146 Å². The second-order valence-corrected chi connectivity index (χ2v) is 8.47. The first-order valence-corrected chi connectivity index (χ1v) is 9.60. The molecule has 4 atom stereocenters. The highest BCUT2D eigenvalue weighted by Gasteiger charge is 2.55. The number of nitrogens with two attached hydrogens (primary N) is 1. The lowest BCUT2D eigenvalue weighted by Gasteiger charge is -2.24. The smallest absolute Gasteiger partial charge is 0.200 e. The molecule has 3 unspecified atom stereocenters. The molecule has 0 radical (unpaired) electrons. The van der Waals surface area contributed by atoms with Gasteiger partial charge in [0.25, 0.3) is 0 Å². The summed E-state index contributed by atoms with van der Waals surface area (Å²) in [5.74, 6) is 0.675. The number of fused-ring (bicyclic) bond motifs is 1. The molecule has 2 aliphatic carbocycles. The van der Waals surface area contributed by atoms with E-state index in [1.165, 1.54) is 31.3 Å². The first-order valence-electron chi connectivity index (χ1n) is 9.60. The number of likely N-dealkylation sites (N-methyl/N-ethyl adjacent to an activating group) is 1. The minimum atomic E-state index is -0.150. The molecule has 3 aliphatic rings. The lowest BCUT2D eigenvalue weighted by molar-refractivity contribution is -0.0577. The molecule has 138 valence electrons. The second kappa shape index (κ2) is 7.04. The van der Waals surface area contributed by atoms with Crippen molar-refractivity contribution in [2.75, 3.05) is 26.2 Å². The summed E-state index contributed by atoms with van der Waals surface area (Å²) in [6.07, 6.45) is 7.44. The van der Waals surface area contributed by atoms with E-state index in [2.05, 4.69) is 44.0 Å². The Morgan fingerprint density at radius 2 is 2.25 bits per heavy atom. The Kier molecular flexibility index (Phi) is 5.38. The van der Waals surface area contributed by atoms with Crippen LogP contribution in [0.3, 0.4) is 0 Å². The summed E-state index contributed by atoms with van der Waals surface area (Å²) in [5.41, 5.74) is 7.57. The van der Waals surface area contributed by atoms with E-state index in [1.54, 1.807) is 0 Å². The van der Waals surface area contributed by atoms with Crippen molar-refractivity contribution in [2.24, 2.45) is 11.7 Å². The maximum atomic E-state index is 5.93. The van der Waals surface area contributed by atoms with Crippen molar-refractivity contribution in [3.63, 3.8) is 0 Å². The van der Waals surface area contributed by atoms with Crippen LogP contribution < -0.4 is 11.1 Å². The molecule has 24 heavy (non-hydrogen) atoms. The van der Waals surface area contributed by atoms with Gasteiger partial charge in [0, 0.05) is 31.1 Å². The molecule has 5 heteroatoms. The van der Waals surface area contributed by atoms with Crippen LogP contribution in [0.4, 0.5) is 0 Å². The van der Waals surface area contributed by atoms with Crippen LogP contribution >= 0.6 is 0 Å². The lowest BCUT2D eigenvalue weighted by atomic mass is 10.1. The van der Waals surface area contributed by atoms with Gasteiger partial charge in [0.1, 0.15) is 0 Å². The fourth-order valence-electron chi connectivity index (χ4n) is 4.12. The molecule has 2 fully saturated rings. The van der Waals surface area contributed by atoms with E-state index in [0.717, 1.165) is 26.2 Å². The van der Waals surface area contributed by atoms with Gasteiger partial charge in [-0.25, -0.2) is 0 Å². The zero-order valence-corrected chi connectivity index (χ0v) is 15.8. The molecular weight excluding hydrogens is 302 g/mol. The summed E-state index contributed by atoms with van der Waals surface area (Å²) in [6.45, 7) is 12.1. The molecule has 5 nitrogen and oxygen atoms in total. The van der Waals surface area contributed by atoms with Crippen LogP contribution in [0.15, 0.2) is 11.6 Å². The largest absolute Gasteiger partial charge is 0.343 e. The Morgan fingerprint density at radius 1 is 1.46 bits per heavy atom. The van der Waals surface area contributed by atoms with Crippen molar-refractivity contribution in [3.05, 3.63) is 11.6 Å². The van der Waals surface area contributed by atoms with Gasteiger partial charge in [0.15, 0.2) is 12.5 Å². The summed E-state index contributed by atoms with van der Waals surface area (Å²) < 4.78 is 11.6. The van der Waals surface area contributed by atoms with Crippen LogP contribution in [-0.4, -0.2) is 54.7 Å². The van der Waals surface area contributed by atoms with Gasteiger partial charge < -0.3 is 20.5 Å². The van der Waals surface area contributed by atoms with Crippen molar-refractivity contribution in [2.45, 2.75) is 77.0 Å². The molecule has 1 saturated carbocycles. The monoisotopic (exact) mass is 337 g/mol. The van der Waals surface area contributed by atoms with Crippen molar-refractivity contribution in [3.8, 4) is 0 Å². The zero-order valence-electron chi connectivity index (χ0n) is 15.8. The standard InChI is InChI=1S/C19H35N3O2/c1-5-22(16-17(23-16)24-18(2,3)4)11-10-21-19-9-7-6-8-14(13-20)15(19)12-19/h8,15-17,21H,5-7,9-13,20H2,1-4H3/t15?,16-,17?,19?/m0/s1. The van der Waals surface area contributed by atoms with Crippen LogP contribution in [0.25, 0.3) is 0 Å². The predicted molar refractivity (Wildman–Crippen MR) is 96.6 cm³/mol. The molecule has 1 aliphatic heterocycles. The van der Waals surface area contributed by atoms with E-state index in [0.29, 0.717) is 11.5 Å². The van der Waals surface area contributed by atoms with Gasteiger partial charge in [-0.1, -0.05) is 18.6 Å². The molecule has 0 bridgehead atoms. The number of hydrogen-bond acceptors (Lipinski definition) is 5. The molecule has 1 heterocycles. The number of hydrogen-bond donors (Lipinski definition) is 2. The fourth-order valence-corrected chi connectivity index (χ4v) is 4.12. The highest BCUT2D eigenvalue weighted by atomic mass is 16.8. The molecule has 0 amide bonds. The van der Waals surface area contributed by atoms with Crippen molar-refractivity contribution >= 4 is 0 Å². The number of allylic oxidation sites excluding steroid dienone is 1. The average molecular weight is 338 g/mol. The van der Waals surface area contributed by atoms with Gasteiger partial charge in [0.2, 0.25) is 0 Å². The van der Waals surface area contributed by atoms with Gasteiger partial charge >= 0.3 is 0 Å². The highest BCUT2D eigenvalue weighted by molar-refractivity contribution is 5.28. The van der Waals surface area contributed by atoms with Crippen molar-refractivity contribution in [1.29, 1.82) is 0 Å². The molecule has 3 N–H and O–H groups in total. The summed E-state index contributed by atoms with van der Waals surface area (Å²) in [7, 11) is 0. The summed E-state index contributed by atoms with van der Waals surface area (Å²) in [6, 6.07) is 0. The first kappa shape index (κ1) is 18.3. The van der Waals surface area contributed by atoms with Crippen LogP contribution in [0.1, 0.15) is 53.4 Å². The Hall–Kier alpha value is -0.460. The SMILES string of the molecule is CCN(CCNC12CCCC=C(CN)C1C2)[C@H]1OC1OC(C)(C)C. The third kappa shape index (κ3) is 4.20. The van der Waals surface area contributed by atoms with Crippen LogP contribution in [0.2, 0.25) is 0 Å². The minimum absolute atomic E-state index is 0.0681. The molecule has 3 rings (SSSR count). The summed E-state index contributed by atoms with van der Waals surface area (Å²) in [5, 5.41) is 3.85. The van der Waals surface area contributed by atoms with Gasteiger partial charge in [-0.3, -0.25) is 4.90 Å². The maximum absolute atomic E-state index is 5.93. The normalized spacial score (nSPS) is 35.4. The molecule has 1 saturated heterocycles. The molecule has 0 aromatic heterocycles. The summed E-state index contributed by atoms with van der Waals surface area (Å²) in [4.78, 5) is 2.37. The van der Waals surface area contributed by atoms with E-state index in [9.17, 15) is 0 Å². The lowest BCUT2D eigenvalue weighted by Crippen LogP contribution is -2.41. The number of rotatable bonds is 8. The van der Waals surface area contributed by atoms with E-state index >= 15 is 0 Å². The van der Waals surface area contributed by atoms with Gasteiger partial charge in [-0.15, -0.1) is 0 Å². The second-order valence-electron chi connectivity index (χ2n) is 8.47. The Bertz CT molecular complexity index is 474. The Morgan fingerprint density at radius 3 is 2.92 bits per heavy atom. The third-order valence-electron chi connectivity index (χ3n) is 5.53. The third-order valence-corrected chi connectivity index (χ3v) is 5.53. The van der Waals surface area contributed by atoms with E-state index in [-0.39, 0.29) is 18.1 Å². The van der Waals surface area contributed by atoms with Gasteiger partial charge in [-0.2, -0.15) is 0 Å². The zero-order chi connectivity index (χ0) is 17.4. The molecule has 0 spiro atoms. The van der Waals surface area contributed by atoms with E-state index in [1.807, 2.05) is 0 Å². The maximum Gasteiger partial charge on any atom is 0.200 e. The van der Waals surface area contributed by atoms with Gasteiger partial charge in [0.05, 0.1) is 5.60 Å². The molecule has 0 aromatic carbocycles. The quantitative estimate of drug-likeness (QED) is 0.525. The van der Waals surface area contributed by atoms with Gasteiger partial charge in [-0.05, 0) is 53.0 Å². The minimum Gasteiger partial charge on any atom is -0.343 e. The molecular formula is C19H35N3O2. The van der Waals surface area contributed by atoms with Crippen LogP contribution in [0.5, 0.6) is 0 Å². The van der Waals surface area contributed by atoms with Crippen molar-refractivity contribution < 1.29 is 9.47 Å². The topological polar surface area (TPSA) is 63.0 Å². The van der Waals surface area contributed by atoms with Crippen molar-refractivity contribution in [1.82, 2.24) is 10.2 Å². The average Bonchev–Trinajstić information content (AvgIpc) is 3.38. The number of ether oxygens (including phenoxy) is 2. The van der Waals surface area contributed by atoms with Crippen LogP contribution in [0, 0.1) is 5.92 Å².